The van der Waals surface area contributed by atoms with Crippen molar-refractivity contribution in [2.24, 2.45) is 5.41 Å². The molecule has 1 amide bonds. The van der Waals surface area contributed by atoms with Gasteiger partial charge in [0.05, 0.1) is 12.0 Å². The quantitative estimate of drug-likeness (QED) is 0.869. The average molecular weight is 291 g/mol. The Balaban J connectivity index is 2.07. The van der Waals surface area contributed by atoms with E-state index in [0.29, 0.717) is 13.0 Å². The summed E-state index contributed by atoms with van der Waals surface area (Å²) in [5.74, 6) is -1.18. The Bertz CT molecular complexity index is 543. The second-order valence-electron chi connectivity index (χ2n) is 5.64. The summed E-state index contributed by atoms with van der Waals surface area (Å²) in [6.07, 6.45) is 0.594. The van der Waals surface area contributed by atoms with Gasteiger partial charge in [-0.3, -0.25) is 9.59 Å². The maximum Gasteiger partial charge on any atom is 0.311 e. The molecular formula is C16H21NO4. The summed E-state index contributed by atoms with van der Waals surface area (Å²) in [5.41, 5.74) is 1.03. The number of fused-ring (bicyclic) bond motifs is 1. The van der Waals surface area contributed by atoms with E-state index in [0.717, 1.165) is 17.5 Å². The highest BCUT2D eigenvalue weighted by molar-refractivity contribution is 5.84. The zero-order valence-corrected chi connectivity index (χ0v) is 12.4. The molecule has 1 heterocycles. The Morgan fingerprint density at radius 3 is 2.81 bits per heavy atom. The molecule has 114 valence electrons. The molecule has 0 radical (unpaired) electrons. The van der Waals surface area contributed by atoms with E-state index in [1.807, 2.05) is 24.3 Å². The number of ether oxygens (including phenoxy) is 1. The van der Waals surface area contributed by atoms with Gasteiger partial charge >= 0.3 is 5.97 Å². The van der Waals surface area contributed by atoms with Crippen LogP contribution in [0.4, 0.5) is 0 Å². The first-order chi connectivity index (χ1) is 9.98. The SMILES string of the molecule is CCC(C)(CNC(=O)C1OCCc2ccccc21)C(=O)O. The Kier molecular flexibility index (Phi) is 4.63. The van der Waals surface area contributed by atoms with E-state index >= 15 is 0 Å². The van der Waals surface area contributed by atoms with Crippen LogP contribution in [0, 0.1) is 5.41 Å². The third-order valence-corrected chi connectivity index (χ3v) is 4.18. The third kappa shape index (κ3) is 3.24. The number of rotatable bonds is 5. The van der Waals surface area contributed by atoms with Crippen molar-refractivity contribution in [3.63, 3.8) is 0 Å². The van der Waals surface area contributed by atoms with Crippen LogP contribution >= 0.6 is 0 Å². The third-order valence-electron chi connectivity index (χ3n) is 4.18. The molecule has 1 aliphatic heterocycles. The van der Waals surface area contributed by atoms with E-state index in [1.165, 1.54) is 0 Å². The van der Waals surface area contributed by atoms with E-state index in [4.69, 9.17) is 4.74 Å². The molecule has 5 nitrogen and oxygen atoms in total. The molecule has 5 heteroatoms. The van der Waals surface area contributed by atoms with Crippen LogP contribution in [0.5, 0.6) is 0 Å². The lowest BCUT2D eigenvalue weighted by molar-refractivity contribution is -0.148. The fourth-order valence-corrected chi connectivity index (χ4v) is 2.34. The van der Waals surface area contributed by atoms with Crippen LogP contribution in [0.25, 0.3) is 0 Å². The van der Waals surface area contributed by atoms with Gasteiger partial charge in [0, 0.05) is 6.54 Å². The first kappa shape index (κ1) is 15.5. The van der Waals surface area contributed by atoms with Crippen LogP contribution in [0.1, 0.15) is 37.5 Å². The second kappa shape index (κ2) is 6.26. The molecule has 1 aromatic rings. The lowest BCUT2D eigenvalue weighted by Gasteiger charge is -2.28. The molecule has 0 spiro atoms. The number of benzene rings is 1. The monoisotopic (exact) mass is 291 g/mol. The Morgan fingerprint density at radius 2 is 2.14 bits per heavy atom. The van der Waals surface area contributed by atoms with Gasteiger partial charge in [-0.25, -0.2) is 0 Å². The van der Waals surface area contributed by atoms with Gasteiger partial charge < -0.3 is 15.2 Å². The number of amides is 1. The van der Waals surface area contributed by atoms with Gasteiger partial charge in [0.1, 0.15) is 0 Å². The zero-order valence-electron chi connectivity index (χ0n) is 12.4. The van der Waals surface area contributed by atoms with Gasteiger partial charge in [-0.2, -0.15) is 0 Å². The molecule has 2 atom stereocenters. The molecule has 0 aliphatic carbocycles. The van der Waals surface area contributed by atoms with Crippen LogP contribution < -0.4 is 5.32 Å². The Labute approximate surface area is 124 Å². The molecule has 0 saturated heterocycles. The number of carbonyl (C=O) groups excluding carboxylic acids is 1. The fraction of sp³-hybridized carbons (Fsp3) is 0.500. The molecule has 0 fully saturated rings. The number of aliphatic carboxylic acids is 1. The zero-order chi connectivity index (χ0) is 15.5. The van der Waals surface area contributed by atoms with Crippen LogP contribution in [0.15, 0.2) is 24.3 Å². The van der Waals surface area contributed by atoms with E-state index in [-0.39, 0.29) is 12.5 Å². The fourth-order valence-electron chi connectivity index (χ4n) is 2.34. The van der Waals surface area contributed by atoms with Gasteiger partial charge in [-0.1, -0.05) is 31.2 Å². The molecule has 0 aromatic heterocycles. The minimum atomic E-state index is -0.955. The minimum absolute atomic E-state index is 0.0969. The number of carbonyl (C=O) groups is 2. The van der Waals surface area contributed by atoms with Crippen molar-refractivity contribution < 1.29 is 19.4 Å². The lowest BCUT2D eigenvalue weighted by Crippen LogP contribution is -2.43. The number of hydrogen-bond donors (Lipinski definition) is 2. The maximum atomic E-state index is 12.3. The predicted molar refractivity (Wildman–Crippen MR) is 77.9 cm³/mol. The number of hydrogen-bond acceptors (Lipinski definition) is 3. The number of nitrogens with one attached hydrogen (secondary N) is 1. The van der Waals surface area contributed by atoms with Gasteiger partial charge in [0.2, 0.25) is 0 Å². The van der Waals surface area contributed by atoms with E-state index in [2.05, 4.69) is 5.32 Å². The summed E-state index contributed by atoms with van der Waals surface area (Å²) >= 11 is 0. The van der Waals surface area contributed by atoms with E-state index in [1.54, 1.807) is 13.8 Å². The van der Waals surface area contributed by atoms with Crippen LogP contribution in [0.2, 0.25) is 0 Å². The second-order valence-corrected chi connectivity index (χ2v) is 5.64. The largest absolute Gasteiger partial charge is 0.481 e. The topological polar surface area (TPSA) is 75.6 Å². The van der Waals surface area contributed by atoms with Crippen molar-refractivity contribution in [2.75, 3.05) is 13.2 Å². The average Bonchev–Trinajstić information content (AvgIpc) is 2.51. The van der Waals surface area contributed by atoms with Gasteiger partial charge in [-0.05, 0) is 30.9 Å². The highest BCUT2D eigenvalue weighted by Gasteiger charge is 2.33. The number of carboxylic acid groups (broad SMARTS) is 1. The van der Waals surface area contributed by atoms with Crippen molar-refractivity contribution in [1.29, 1.82) is 0 Å². The Hall–Kier alpha value is -1.88. The lowest BCUT2D eigenvalue weighted by atomic mass is 9.87. The molecule has 1 aliphatic rings. The summed E-state index contributed by atoms with van der Waals surface area (Å²) in [5, 5.41) is 12.0. The summed E-state index contributed by atoms with van der Waals surface area (Å²) in [7, 11) is 0. The van der Waals surface area contributed by atoms with Gasteiger partial charge in [-0.15, -0.1) is 0 Å². The standard InChI is InChI=1S/C16H21NO4/c1-3-16(2,15(19)20)10-17-14(18)13-12-7-5-4-6-11(12)8-9-21-13/h4-7,13H,3,8-10H2,1-2H3,(H,17,18)(H,19,20). The van der Waals surface area contributed by atoms with Crippen molar-refractivity contribution in [3.05, 3.63) is 35.4 Å². The van der Waals surface area contributed by atoms with Crippen LogP contribution in [-0.2, 0) is 20.7 Å². The Morgan fingerprint density at radius 1 is 1.43 bits per heavy atom. The highest BCUT2D eigenvalue weighted by Crippen LogP contribution is 2.27. The molecule has 21 heavy (non-hydrogen) atoms. The molecule has 2 unspecified atom stereocenters. The first-order valence-electron chi connectivity index (χ1n) is 7.18. The van der Waals surface area contributed by atoms with Crippen LogP contribution in [-0.4, -0.2) is 30.1 Å². The molecule has 1 aromatic carbocycles. The summed E-state index contributed by atoms with van der Waals surface area (Å²) in [4.78, 5) is 23.6. The first-order valence-corrected chi connectivity index (χ1v) is 7.18. The highest BCUT2D eigenvalue weighted by atomic mass is 16.5. The molecular weight excluding hydrogens is 270 g/mol. The molecule has 2 rings (SSSR count). The van der Waals surface area contributed by atoms with Crippen molar-refractivity contribution in [1.82, 2.24) is 5.32 Å². The normalized spacial score (nSPS) is 20.2. The molecule has 0 saturated carbocycles. The van der Waals surface area contributed by atoms with Gasteiger partial charge in [0.25, 0.3) is 5.91 Å². The van der Waals surface area contributed by atoms with Crippen molar-refractivity contribution >= 4 is 11.9 Å². The number of carboxylic acids is 1. The molecule has 2 N–H and O–H groups in total. The van der Waals surface area contributed by atoms with Crippen molar-refractivity contribution in [3.8, 4) is 0 Å². The van der Waals surface area contributed by atoms with Crippen molar-refractivity contribution in [2.45, 2.75) is 32.8 Å². The predicted octanol–water partition coefficient (Wildman–Crippen LogP) is 1.92. The molecule has 0 bridgehead atoms. The summed E-state index contributed by atoms with van der Waals surface area (Å²) < 4.78 is 5.57. The summed E-state index contributed by atoms with van der Waals surface area (Å²) in [6, 6.07) is 7.69. The minimum Gasteiger partial charge on any atom is -0.481 e. The maximum absolute atomic E-state index is 12.3. The van der Waals surface area contributed by atoms with Crippen LogP contribution in [0.3, 0.4) is 0 Å². The summed E-state index contributed by atoms with van der Waals surface area (Å²) in [6.45, 7) is 4.02. The smallest absolute Gasteiger partial charge is 0.311 e. The van der Waals surface area contributed by atoms with E-state index in [9.17, 15) is 14.7 Å². The van der Waals surface area contributed by atoms with E-state index < -0.39 is 17.5 Å². The van der Waals surface area contributed by atoms with Gasteiger partial charge in [0.15, 0.2) is 6.10 Å².